The highest BCUT2D eigenvalue weighted by Gasteiger charge is 2.24. The van der Waals surface area contributed by atoms with Gasteiger partial charge in [-0.15, -0.1) is 0 Å². The van der Waals surface area contributed by atoms with Gasteiger partial charge >= 0.3 is 5.97 Å². The second kappa shape index (κ2) is 3.49. The standard InChI is InChI=1S/C8H11BrN2O2/c1-8(2,3-7(12)13)11-5-6(9)4-10-11/h4-5H,3H2,1-2H3,(H,12,13). The second-order valence-electron chi connectivity index (χ2n) is 3.49. The van der Waals surface area contributed by atoms with Crippen LogP contribution in [-0.2, 0) is 10.3 Å². The molecule has 0 radical (unpaired) electrons. The van der Waals surface area contributed by atoms with Gasteiger partial charge in [-0.3, -0.25) is 9.48 Å². The third-order valence-corrected chi connectivity index (χ3v) is 2.16. The van der Waals surface area contributed by atoms with Gasteiger partial charge in [0.15, 0.2) is 0 Å². The minimum absolute atomic E-state index is 0.0567. The summed E-state index contributed by atoms with van der Waals surface area (Å²) in [4.78, 5) is 10.5. The van der Waals surface area contributed by atoms with Crippen LogP contribution in [0.1, 0.15) is 20.3 Å². The first kappa shape index (κ1) is 10.2. The summed E-state index contributed by atoms with van der Waals surface area (Å²) in [5.74, 6) is -0.823. The average Bonchev–Trinajstić information content (AvgIpc) is 2.32. The number of nitrogens with zero attached hydrogens (tertiary/aromatic N) is 2. The number of hydrogen-bond donors (Lipinski definition) is 1. The lowest BCUT2D eigenvalue weighted by Crippen LogP contribution is -2.29. The maximum absolute atomic E-state index is 10.5. The van der Waals surface area contributed by atoms with Crippen molar-refractivity contribution in [3.8, 4) is 0 Å². The van der Waals surface area contributed by atoms with Crippen LogP contribution in [-0.4, -0.2) is 20.9 Å². The molecule has 1 N–H and O–H groups in total. The summed E-state index contributed by atoms with van der Waals surface area (Å²) in [5.41, 5.74) is -0.488. The lowest BCUT2D eigenvalue weighted by atomic mass is 10.0. The van der Waals surface area contributed by atoms with Crippen LogP contribution < -0.4 is 0 Å². The van der Waals surface area contributed by atoms with E-state index < -0.39 is 11.5 Å². The number of aliphatic carboxylic acids is 1. The molecule has 0 saturated heterocycles. The highest BCUT2D eigenvalue weighted by molar-refractivity contribution is 9.10. The molecule has 1 heterocycles. The predicted octanol–water partition coefficient (Wildman–Crippen LogP) is 1.86. The molecule has 0 atom stereocenters. The van der Waals surface area contributed by atoms with Gasteiger partial charge in [-0.1, -0.05) is 0 Å². The summed E-state index contributed by atoms with van der Waals surface area (Å²) in [6.45, 7) is 3.67. The van der Waals surface area contributed by atoms with Gasteiger partial charge in [0.2, 0.25) is 0 Å². The van der Waals surface area contributed by atoms with E-state index in [-0.39, 0.29) is 6.42 Å². The molecule has 1 aromatic heterocycles. The van der Waals surface area contributed by atoms with Crippen LogP contribution in [0, 0.1) is 0 Å². The minimum atomic E-state index is -0.823. The maximum Gasteiger partial charge on any atom is 0.305 e. The molecular formula is C8H11BrN2O2. The zero-order chi connectivity index (χ0) is 10.1. The SMILES string of the molecule is CC(C)(CC(=O)O)n1cc(Br)cn1. The molecule has 72 valence electrons. The average molecular weight is 247 g/mol. The molecular weight excluding hydrogens is 236 g/mol. The second-order valence-corrected chi connectivity index (χ2v) is 4.40. The number of carboxylic acid groups (broad SMARTS) is 1. The van der Waals surface area contributed by atoms with E-state index in [1.54, 1.807) is 17.1 Å². The van der Waals surface area contributed by atoms with Crippen molar-refractivity contribution in [1.82, 2.24) is 9.78 Å². The van der Waals surface area contributed by atoms with Crippen LogP contribution in [0.25, 0.3) is 0 Å². The van der Waals surface area contributed by atoms with Crippen LogP contribution in [0.15, 0.2) is 16.9 Å². The molecule has 0 aliphatic rings. The molecule has 0 aromatic carbocycles. The molecule has 0 spiro atoms. The Hall–Kier alpha value is -0.840. The Labute approximate surface area is 84.7 Å². The van der Waals surface area contributed by atoms with E-state index in [0.717, 1.165) is 4.47 Å². The lowest BCUT2D eigenvalue weighted by molar-refractivity contribution is -0.139. The van der Waals surface area contributed by atoms with Crippen molar-refractivity contribution < 1.29 is 9.90 Å². The van der Waals surface area contributed by atoms with Gasteiger partial charge in [-0.2, -0.15) is 5.10 Å². The van der Waals surface area contributed by atoms with Crippen LogP contribution in [0.3, 0.4) is 0 Å². The Morgan fingerprint density at radius 1 is 1.77 bits per heavy atom. The third-order valence-electron chi connectivity index (χ3n) is 1.76. The smallest absolute Gasteiger partial charge is 0.305 e. The number of carbonyl (C=O) groups is 1. The fraction of sp³-hybridized carbons (Fsp3) is 0.500. The zero-order valence-corrected chi connectivity index (χ0v) is 9.08. The predicted molar refractivity (Wildman–Crippen MR) is 51.5 cm³/mol. The topological polar surface area (TPSA) is 55.1 Å². The Kier molecular flexibility index (Phi) is 2.75. The van der Waals surface area contributed by atoms with Gasteiger partial charge in [0.25, 0.3) is 0 Å². The quantitative estimate of drug-likeness (QED) is 0.886. The van der Waals surface area contributed by atoms with Gasteiger partial charge in [-0.05, 0) is 29.8 Å². The molecule has 0 saturated carbocycles. The number of halogens is 1. The minimum Gasteiger partial charge on any atom is -0.481 e. The third kappa shape index (κ3) is 2.55. The Balaban J connectivity index is 2.86. The van der Waals surface area contributed by atoms with Crippen LogP contribution in [0.2, 0.25) is 0 Å². The van der Waals surface area contributed by atoms with Crippen molar-refractivity contribution in [2.45, 2.75) is 25.8 Å². The monoisotopic (exact) mass is 246 g/mol. The van der Waals surface area contributed by atoms with E-state index >= 15 is 0 Å². The highest BCUT2D eigenvalue weighted by atomic mass is 79.9. The van der Waals surface area contributed by atoms with E-state index in [1.165, 1.54) is 0 Å². The van der Waals surface area contributed by atoms with E-state index in [0.29, 0.717) is 0 Å². The van der Waals surface area contributed by atoms with E-state index in [2.05, 4.69) is 21.0 Å². The van der Waals surface area contributed by atoms with Gasteiger partial charge in [0.05, 0.1) is 22.6 Å². The van der Waals surface area contributed by atoms with Crippen molar-refractivity contribution in [2.75, 3.05) is 0 Å². The zero-order valence-electron chi connectivity index (χ0n) is 7.49. The fourth-order valence-electron chi connectivity index (χ4n) is 1.08. The molecule has 13 heavy (non-hydrogen) atoms. The number of rotatable bonds is 3. The van der Waals surface area contributed by atoms with Crippen LogP contribution in [0.4, 0.5) is 0 Å². The highest BCUT2D eigenvalue weighted by Crippen LogP contribution is 2.20. The summed E-state index contributed by atoms with van der Waals surface area (Å²) in [6.07, 6.45) is 3.47. The van der Waals surface area contributed by atoms with Crippen molar-refractivity contribution in [3.05, 3.63) is 16.9 Å². The fourth-order valence-corrected chi connectivity index (χ4v) is 1.37. The van der Waals surface area contributed by atoms with Gasteiger partial charge in [0, 0.05) is 6.20 Å². The maximum atomic E-state index is 10.5. The summed E-state index contributed by atoms with van der Waals surface area (Å²) in [5, 5.41) is 12.7. The number of carboxylic acids is 1. The Bertz CT molecular complexity index is 320. The van der Waals surface area contributed by atoms with Crippen LogP contribution in [0.5, 0.6) is 0 Å². The molecule has 0 amide bonds. The Morgan fingerprint density at radius 3 is 2.77 bits per heavy atom. The summed E-state index contributed by atoms with van der Waals surface area (Å²) < 4.78 is 2.50. The summed E-state index contributed by atoms with van der Waals surface area (Å²) in [6, 6.07) is 0. The van der Waals surface area contributed by atoms with Crippen LogP contribution >= 0.6 is 15.9 Å². The van der Waals surface area contributed by atoms with Gasteiger partial charge < -0.3 is 5.11 Å². The molecule has 5 heteroatoms. The van der Waals surface area contributed by atoms with E-state index in [1.807, 2.05) is 13.8 Å². The number of hydrogen-bond acceptors (Lipinski definition) is 2. The van der Waals surface area contributed by atoms with Gasteiger partial charge in [0.1, 0.15) is 0 Å². The van der Waals surface area contributed by atoms with Gasteiger partial charge in [-0.25, -0.2) is 0 Å². The van der Waals surface area contributed by atoms with E-state index in [4.69, 9.17) is 5.11 Å². The molecule has 1 aromatic rings. The first-order valence-corrected chi connectivity index (χ1v) is 4.63. The molecule has 0 aliphatic carbocycles. The molecule has 1 rings (SSSR count). The lowest BCUT2D eigenvalue weighted by Gasteiger charge is -2.22. The first-order valence-electron chi connectivity index (χ1n) is 3.84. The molecule has 0 bridgehead atoms. The van der Waals surface area contributed by atoms with E-state index in [9.17, 15) is 4.79 Å². The van der Waals surface area contributed by atoms with Crippen molar-refractivity contribution in [3.63, 3.8) is 0 Å². The summed E-state index contributed by atoms with van der Waals surface area (Å²) >= 11 is 3.26. The van der Waals surface area contributed by atoms with Crippen molar-refractivity contribution in [1.29, 1.82) is 0 Å². The van der Waals surface area contributed by atoms with Crippen molar-refractivity contribution in [2.24, 2.45) is 0 Å². The normalized spacial score (nSPS) is 11.6. The summed E-state index contributed by atoms with van der Waals surface area (Å²) in [7, 11) is 0. The number of aromatic nitrogens is 2. The largest absolute Gasteiger partial charge is 0.481 e. The molecule has 0 unspecified atom stereocenters. The Morgan fingerprint density at radius 2 is 2.38 bits per heavy atom. The molecule has 4 nitrogen and oxygen atoms in total. The molecule has 0 fully saturated rings. The van der Waals surface area contributed by atoms with Crippen molar-refractivity contribution >= 4 is 21.9 Å². The molecule has 0 aliphatic heterocycles. The first-order chi connectivity index (χ1) is 5.92.